The normalized spacial score (nSPS) is 7.71. The number of nitrogens with one attached hydrogen (secondary N) is 3. The van der Waals surface area contributed by atoms with Gasteiger partial charge in [0.05, 0.1) is 19.8 Å². The molecule has 0 aromatic rings. The van der Waals surface area contributed by atoms with Gasteiger partial charge < -0.3 is 14.2 Å². The van der Waals surface area contributed by atoms with Gasteiger partial charge in [-0.2, -0.15) is 0 Å². The maximum absolute atomic E-state index is 4.65. The summed E-state index contributed by atoms with van der Waals surface area (Å²) in [4.78, 5) is 0. The van der Waals surface area contributed by atoms with Crippen molar-refractivity contribution in [3.63, 3.8) is 0 Å². The third-order valence-corrected chi connectivity index (χ3v) is 1.84. The van der Waals surface area contributed by atoms with E-state index in [1.807, 2.05) is 0 Å². The lowest BCUT2D eigenvalue weighted by molar-refractivity contribution is 0.205. The highest BCUT2D eigenvalue weighted by atomic mass is 32.1. The van der Waals surface area contributed by atoms with Gasteiger partial charge >= 0.3 is 0 Å². The fraction of sp³-hybridized carbons (Fsp3) is 1.00. The number of hydrogen-bond donors (Lipinski definition) is 3. The molecule has 0 saturated carbocycles. The molecule has 0 fully saturated rings. The second-order valence-electron chi connectivity index (χ2n) is 2.66. The van der Waals surface area contributed by atoms with E-state index in [4.69, 9.17) is 0 Å². The Kier molecular flexibility index (Phi) is 89.4. The van der Waals surface area contributed by atoms with Crippen molar-refractivity contribution < 1.29 is 28.3 Å². The molecule has 0 rings (SSSR count). The molecule has 0 saturated heterocycles. The average Bonchev–Trinajstić information content (AvgIpc) is 2.42. The van der Waals surface area contributed by atoms with Crippen LogP contribution in [-0.2, 0) is 14.2 Å². The minimum atomic E-state index is 0. The molecule has 135 valence electrons. The number of rotatable bonds is 9. The topological polar surface area (TPSA) is 63.8 Å². The van der Waals surface area contributed by atoms with E-state index in [0.717, 1.165) is 19.6 Å². The fourth-order valence-corrected chi connectivity index (χ4v) is 0.681. The first-order valence-corrected chi connectivity index (χ1v) is 6.49. The van der Waals surface area contributed by atoms with Gasteiger partial charge in [-0.25, -0.2) is 0 Å². The van der Waals surface area contributed by atoms with Crippen LogP contribution in [-0.4, -0.2) is 60.8 Å². The quantitative estimate of drug-likeness (QED) is 0.528. The minimum absolute atomic E-state index is 0. The lowest BCUT2D eigenvalue weighted by Crippen LogP contribution is -2.06. The Balaban J connectivity index is -0.0000000375. The molecule has 0 aromatic carbocycles. The molecule has 6 nitrogen and oxygen atoms in total. The highest BCUT2D eigenvalue weighted by Gasteiger charge is 1.74. The molecule has 0 aliphatic rings. The van der Waals surface area contributed by atoms with Crippen LogP contribution in [0.3, 0.4) is 0 Å². The van der Waals surface area contributed by atoms with Crippen LogP contribution in [0.5, 0.6) is 0 Å². The number of methoxy groups -OCH3 is 3. The summed E-state index contributed by atoms with van der Waals surface area (Å²) in [5.41, 5.74) is 0. The van der Waals surface area contributed by atoms with E-state index in [-0.39, 0.29) is 14.1 Å². The number of halogens is 3. The molecule has 0 aliphatic heterocycles. The van der Waals surface area contributed by atoms with Crippen LogP contribution >= 0.6 is 38.4 Å². The van der Waals surface area contributed by atoms with Crippen molar-refractivity contribution in [2.45, 2.75) is 0 Å². The van der Waals surface area contributed by atoms with E-state index < -0.39 is 0 Å². The van der Waals surface area contributed by atoms with Crippen LogP contribution in [0.15, 0.2) is 0 Å². The average molecular weight is 379 g/mol. The van der Waals surface area contributed by atoms with Gasteiger partial charge in [0.1, 0.15) is 0 Å². The molecule has 0 unspecified atom stereocenters. The molecule has 3 radical (unpaired) electrons. The maximum atomic E-state index is 4.65. The summed E-state index contributed by atoms with van der Waals surface area (Å²) in [6.45, 7) is 4.36. The van der Waals surface area contributed by atoms with Crippen molar-refractivity contribution in [2.75, 3.05) is 60.8 Å². The predicted molar refractivity (Wildman–Crippen MR) is 89.9 cm³/mol. The molecule has 0 heterocycles. The van der Waals surface area contributed by atoms with Crippen LogP contribution in [0.1, 0.15) is 0 Å². The second kappa shape index (κ2) is 49.8. The first-order valence-electron chi connectivity index (χ1n) is 5.26. The van der Waals surface area contributed by atoms with Gasteiger partial charge in [-0.1, -0.05) is 0 Å². The highest BCUT2D eigenvalue weighted by molar-refractivity contribution is 7.78. The van der Waals surface area contributed by atoms with Gasteiger partial charge in [0.15, 0.2) is 0 Å². The third-order valence-electron chi connectivity index (χ3n) is 1.22. The first-order chi connectivity index (χ1) is 8.74. The van der Waals surface area contributed by atoms with Crippen molar-refractivity contribution >= 4 is 38.4 Å². The third kappa shape index (κ3) is 77.3. The van der Waals surface area contributed by atoms with E-state index in [0.29, 0.717) is 19.8 Å². The van der Waals surface area contributed by atoms with Crippen LogP contribution in [0.2, 0.25) is 0 Å². The Morgan fingerprint density at radius 3 is 0.810 bits per heavy atom. The summed E-state index contributed by atoms with van der Waals surface area (Å²) in [5.74, 6) is 0. The lowest BCUT2D eigenvalue weighted by atomic mass is 10.7. The van der Waals surface area contributed by atoms with Crippen molar-refractivity contribution in [1.82, 2.24) is 14.2 Å². The molecule has 3 N–H and O–H groups in total. The SMILES string of the molecule is COCCN[S].COCCN[S].COCCN[S].F.F.F. The molecular weight excluding hydrogens is 351 g/mol. The Labute approximate surface area is 142 Å². The summed E-state index contributed by atoms with van der Waals surface area (Å²) in [7, 11) is 4.94. The van der Waals surface area contributed by atoms with E-state index in [1.54, 1.807) is 21.3 Å². The molecule has 21 heavy (non-hydrogen) atoms. The van der Waals surface area contributed by atoms with Crippen LogP contribution < -0.4 is 14.2 Å². The second-order valence-corrected chi connectivity index (χ2v) is 3.53. The van der Waals surface area contributed by atoms with Gasteiger partial charge in [-0.15, -0.1) is 0 Å². The van der Waals surface area contributed by atoms with Crippen molar-refractivity contribution in [3.05, 3.63) is 0 Å². The van der Waals surface area contributed by atoms with Crippen molar-refractivity contribution in [2.24, 2.45) is 0 Å². The van der Waals surface area contributed by atoms with Crippen LogP contribution in [0.25, 0.3) is 0 Å². The molecule has 0 bridgehead atoms. The molecule has 12 heteroatoms. The zero-order chi connectivity index (χ0) is 14.5. The number of hydrogen-bond acceptors (Lipinski definition) is 6. The Bertz CT molecular complexity index is 99.7. The Hall–Kier alpha value is 0.600. The predicted octanol–water partition coefficient (Wildman–Crippen LogP) is 1.46. The Morgan fingerprint density at radius 1 is 0.571 bits per heavy atom. The van der Waals surface area contributed by atoms with Crippen molar-refractivity contribution in [1.29, 1.82) is 0 Å². The molecule has 0 atom stereocenters. The highest BCUT2D eigenvalue weighted by Crippen LogP contribution is 1.63. The standard InChI is InChI=1S/3C3H8NOS.3FH/c3*1-5-3-2-4-6;;;/h3*4H,2-3H2,1H3;3*1H. The Morgan fingerprint density at radius 2 is 0.762 bits per heavy atom. The van der Waals surface area contributed by atoms with E-state index in [9.17, 15) is 0 Å². The van der Waals surface area contributed by atoms with Gasteiger partial charge in [0.25, 0.3) is 0 Å². The summed E-state index contributed by atoms with van der Waals surface area (Å²) >= 11 is 13.2. The molecular formula is C9H27F3N3O3S3. The number of ether oxygens (including phenoxy) is 3. The van der Waals surface area contributed by atoms with Crippen LogP contribution in [0, 0.1) is 0 Å². The van der Waals surface area contributed by atoms with Gasteiger partial charge in [0.2, 0.25) is 0 Å². The monoisotopic (exact) mass is 378 g/mol. The van der Waals surface area contributed by atoms with Crippen molar-refractivity contribution in [3.8, 4) is 0 Å². The van der Waals surface area contributed by atoms with Gasteiger partial charge in [-0.05, 0) is 0 Å². The summed E-state index contributed by atoms with van der Waals surface area (Å²) in [6.07, 6.45) is 0. The maximum Gasteiger partial charge on any atom is 0.0596 e. The van der Waals surface area contributed by atoms with E-state index in [1.165, 1.54) is 0 Å². The van der Waals surface area contributed by atoms with E-state index in [2.05, 4.69) is 66.8 Å². The lowest BCUT2D eigenvalue weighted by Gasteiger charge is -1.90. The summed E-state index contributed by atoms with van der Waals surface area (Å²) in [5, 5.41) is 0. The summed E-state index contributed by atoms with van der Waals surface area (Å²) in [6, 6.07) is 0. The first kappa shape index (κ1) is 37.7. The molecule has 0 aliphatic carbocycles. The van der Waals surface area contributed by atoms with E-state index >= 15 is 0 Å². The van der Waals surface area contributed by atoms with Crippen LogP contribution in [0.4, 0.5) is 14.1 Å². The molecule has 0 spiro atoms. The van der Waals surface area contributed by atoms with Gasteiger partial charge in [0, 0.05) is 79.4 Å². The van der Waals surface area contributed by atoms with Gasteiger partial charge in [-0.3, -0.25) is 28.3 Å². The fourth-order valence-electron chi connectivity index (χ4n) is 0.431. The largest absolute Gasteiger partial charge is 0.383 e. The minimum Gasteiger partial charge on any atom is -0.383 e. The smallest absolute Gasteiger partial charge is 0.0596 e. The zero-order valence-corrected chi connectivity index (χ0v) is 14.9. The molecule has 0 aromatic heterocycles. The summed E-state index contributed by atoms with van der Waals surface area (Å²) < 4.78 is 21.5. The zero-order valence-electron chi connectivity index (χ0n) is 12.4. The molecule has 0 amide bonds.